The number of nitrogens with one attached hydrogen (secondary N) is 1. The number of anilines is 1. The zero-order valence-electron chi connectivity index (χ0n) is 13.6. The Balaban J connectivity index is 1.74. The van der Waals surface area contributed by atoms with Crippen molar-refractivity contribution in [2.45, 2.75) is 6.92 Å². The quantitative estimate of drug-likeness (QED) is 0.568. The van der Waals surface area contributed by atoms with Gasteiger partial charge in [-0.3, -0.25) is 9.48 Å². The topological polar surface area (TPSA) is 64.2 Å². The molecule has 1 amide bonds. The van der Waals surface area contributed by atoms with Crippen LogP contribution in [0.3, 0.4) is 0 Å². The fourth-order valence-corrected chi connectivity index (χ4v) is 2.87. The Hall–Kier alpha value is -3.16. The van der Waals surface area contributed by atoms with Gasteiger partial charge < -0.3 is 9.72 Å². The van der Waals surface area contributed by atoms with Crippen molar-refractivity contribution in [3.63, 3.8) is 0 Å². The molecule has 0 aliphatic heterocycles. The lowest BCUT2D eigenvalue weighted by molar-refractivity contribution is 0.102. The number of hydrogen-bond donors (Lipinski definition) is 1. The van der Waals surface area contributed by atoms with Crippen LogP contribution >= 0.6 is 0 Å². The number of carbonyl (C=O) groups excluding carboxylic acids is 1. The molecule has 0 aliphatic rings. The molecule has 1 N–H and O–H groups in total. The Kier molecular flexibility index (Phi) is 3.35. The zero-order chi connectivity index (χ0) is 17.7. The fourth-order valence-electron chi connectivity index (χ4n) is 2.87. The number of benzene rings is 1. The number of amides is 1. The van der Waals surface area contributed by atoms with Crippen molar-refractivity contribution >= 4 is 41.5 Å². The molecular formula is C17H13BFN5O. The molecule has 0 saturated carbocycles. The molecule has 0 spiro atoms. The van der Waals surface area contributed by atoms with E-state index in [1.54, 1.807) is 53.8 Å². The highest BCUT2D eigenvalue weighted by Gasteiger charge is 2.15. The monoisotopic (exact) mass is 333 g/mol. The van der Waals surface area contributed by atoms with Gasteiger partial charge in [0, 0.05) is 37.1 Å². The van der Waals surface area contributed by atoms with E-state index in [9.17, 15) is 9.18 Å². The second-order valence-corrected chi connectivity index (χ2v) is 5.91. The highest BCUT2D eigenvalue weighted by atomic mass is 19.1. The number of hydrogen-bond acceptors (Lipinski definition) is 3. The van der Waals surface area contributed by atoms with Gasteiger partial charge in [0.05, 0.1) is 16.9 Å². The highest BCUT2D eigenvalue weighted by molar-refractivity contribution is 6.39. The summed E-state index contributed by atoms with van der Waals surface area (Å²) >= 11 is 0. The van der Waals surface area contributed by atoms with E-state index in [-0.39, 0.29) is 11.6 Å². The Morgan fingerprint density at radius 3 is 2.88 bits per heavy atom. The first-order chi connectivity index (χ1) is 11.9. The maximum absolute atomic E-state index is 14.2. The molecule has 3 aromatic heterocycles. The van der Waals surface area contributed by atoms with Crippen molar-refractivity contribution in [2.24, 2.45) is 7.05 Å². The van der Waals surface area contributed by atoms with Gasteiger partial charge >= 0.3 is 0 Å². The van der Waals surface area contributed by atoms with Crippen LogP contribution in [0.1, 0.15) is 16.1 Å². The van der Waals surface area contributed by atoms with Gasteiger partial charge in [0.1, 0.15) is 13.4 Å². The van der Waals surface area contributed by atoms with Crippen molar-refractivity contribution in [3.8, 4) is 0 Å². The molecule has 4 aromatic rings. The lowest BCUT2D eigenvalue weighted by Gasteiger charge is -2.08. The Morgan fingerprint density at radius 2 is 2.08 bits per heavy atom. The molecule has 0 atom stereocenters. The van der Waals surface area contributed by atoms with Crippen molar-refractivity contribution in [1.82, 2.24) is 19.2 Å². The van der Waals surface area contributed by atoms with Gasteiger partial charge in [0.15, 0.2) is 11.5 Å². The molecular weight excluding hydrogens is 320 g/mol. The van der Waals surface area contributed by atoms with Crippen LogP contribution in [0.15, 0.2) is 36.8 Å². The van der Waals surface area contributed by atoms with Gasteiger partial charge in [-0.2, -0.15) is 5.10 Å². The van der Waals surface area contributed by atoms with E-state index >= 15 is 0 Å². The molecule has 2 radical (unpaired) electrons. The standard InChI is InChI=1S/C17H13BFN5O/c1-9-6-24-7-10(5-14(19)16(24)20-9)21-17(25)11-3-4-13(18)12-8-23(2)22-15(11)12/h3-8H,1-2H3,(H,21,25). The predicted octanol–water partition coefficient (Wildman–Crippen LogP) is 1.71. The molecule has 0 fully saturated rings. The van der Waals surface area contributed by atoms with Crippen LogP contribution in [-0.2, 0) is 7.05 Å². The molecule has 0 unspecified atom stereocenters. The molecule has 0 aliphatic carbocycles. The number of aryl methyl sites for hydroxylation is 2. The average molecular weight is 333 g/mol. The third-order valence-electron chi connectivity index (χ3n) is 3.95. The van der Waals surface area contributed by atoms with Gasteiger partial charge in [-0.15, -0.1) is 0 Å². The summed E-state index contributed by atoms with van der Waals surface area (Å²) < 4.78 is 17.3. The van der Waals surface area contributed by atoms with Crippen LogP contribution in [0.2, 0.25) is 0 Å². The molecule has 8 heteroatoms. The molecule has 6 nitrogen and oxygen atoms in total. The van der Waals surface area contributed by atoms with E-state index in [0.29, 0.717) is 33.3 Å². The minimum absolute atomic E-state index is 0.218. The SMILES string of the molecule is [B]c1ccc(C(=O)Nc2cc(F)c3nc(C)cn3c2)c2nn(C)cc12. The molecule has 3 heterocycles. The lowest BCUT2D eigenvalue weighted by Crippen LogP contribution is -2.15. The minimum Gasteiger partial charge on any atom is -0.320 e. The maximum atomic E-state index is 14.2. The lowest BCUT2D eigenvalue weighted by atomic mass is 9.91. The summed E-state index contributed by atoms with van der Waals surface area (Å²) in [6.45, 7) is 1.77. The van der Waals surface area contributed by atoms with Crippen molar-refractivity contribution < 1.29 is 9.18 Å². The summed E-state index contributed by atoms with van der Waals surface area (Å²) in [5.41, 5.74) is 2.65. The first kappa shape index (κ1) is 15.4. The van der Waals surface area contributed by atoms with Crippen LogP contribution < -0.4 is 10.8 Å². The summed E-state index contributed by atoms with van der Waals surface area (Å²) in [5, 5.41) is 7.69. The summed E-state index contributed by atoms with van der Waals surface area (Å²) in [6, 6.07) is 4.50. The first-order valence-electron chi connectivity index (χ1n) is 7.60. The first-order valence-corrected chi connectivity index (χ1v) is 7.60. The van der Waals surface area contributed by atoms with Gasteiger partial charge in [0.25, 0.3) is 5.91 Å². The summed E-state index contributed by atoms with van der Waals surface area (Å²) in [6.07, 6.45) is 5.05. The fraction of sp³-hybridized carbons (Fsp3) is 0.118. The molecule has 4 rings (SSSR count). The number of carbonyl (C=O) groups is 1. The minimum atomic E-state index is -0.508. The molecule has 1 aromatic carbocycles. The number of pyridine rings is 1. The van der Waals surface area contributed by atoms with E-state index in [1.807, 2.05) is 0 Å². The predicted molar refractivity (Wildman–Crippen MR) is 93.9 cm³/mol. The third-order valence-corrected chi connectivity index (χ3v) is 3.95. The van der Waals surface area contributed by atoms with Gasteiger partial charge in [0.2, 0.25) is 0 Å². The number of halogens is 1. The van der Waals surface area contributed by atoms with Gasteiger partial charge in [-0.1, -0.05) is 11.5 Å². The van der Waals surface area contributed by atoms with Gasteiger partial charge in [-0.05, 0) is 13.0 Å². The zero-order valence-corrected chi connectivity index (χ0v) is 13.6. The van der Waals surface area contributed by atoms with Crippen LogP contribution in [0.5, 0.6) is 0 Å². The number of aromatic nitrogens is 4. The molecule has 0 saturated heterocycles. The van der Waals surface area contributed by atoms with Crippen molar-refractivity contribution in [2.75, 3.05) is 5.32 Å². The van der Waals surface area contributed by atoms with Crippen molar-refractivity contribution in [3.05, 3.63) is 53.9 Å². The van der Waals surface area contributed by atoms with E-state index in [1.165, 1.54) is 6.07 Å². The van der Waals surface area contributed by atoms with E-state index in [0.717, 1.165) is 0 Å². The number of imidazole rings is 1. The Labute approximate surface area is 143 Å². The van der Waals surface area contributed by atoms with E-state index < -0.39 is 5.82 Å². The number of nitrogens with zero attached hydrogens (tertiary/aromatic N) is 4. The van der Waals surface area contributed by atoms with Crippen LogP contribution in [0.25, 0.3) is 16.6 Å². The Morgan fingerprint density at radius 1 is 1.28 bits per heavy atom. The molecule has 25 heavy (non-hydrogen) atoms. The second kappa shape index (κ2) is 5.44. The Bertz CT molecular complexity index is 1150. The second-order valence-electron chi connectivity index (χ2n) is 5.91. The molecule has 122 valence electrons. The summed E-state index contributed by atoms with van der Waals surface area (Å²) in [4.78, 5) is 16.7. The van der Waals surface area contributed by atoms with Crippen molar-refractivity contribution in [1.29, 1.82) is 0 Å². The summed E-state index contributed by atoms with van der Waals surface area (Å²) in [5.74, 6) is -0.898. The summed E-state index contributed by atoms with van der Waals surface area (Å²) in [7, 11) is 7.69. The smallest absolute Gasteiger partial charge is 0.257 e. The van der Waals surface area contributed by atoms with Crippen LogP contribution in [0.4, 0.5) is 10.1 Å². The van der Waals surface area contributed by atoms with E-state index in [4.69, 9.17) is 7.85 Å². The average Bonchev–Trinajstić information content (AvgIpc) is 3.10. The van der Waals surface area contributed by atoms with Crippen LogP contribution in [0, 0.1) is 12.7 Å². The van der Waals surface area contributed by atoms with Crippen LogP contribution in [-0.4, -0.2) is 32.9 Å². The normalized spacial score (nSPS) is 11.3. The number of fused-ring (bicyclic) bond motifs is 2. The number of rotatable bonds is 2. The molecule has 0 bridgehead atoms. The largest absolute Gasteiger partial charge is 0.320 e. The maximum Gasteiger partial charge on any atom is 0.257 e. The third kappa shape index (κ3) is 2.55. The highest BCUT2D eigenvalue weighted by Crippen LogP contribution is 2.19. The van der Waals surface area contributed by atoms with E-state index in [2.05, 4.69) is 15.4 Å². The van der Waals surface area contributed by atoms with Gasteiger partial charge in [-0.25, -0.2) is 9.37 Å².